The van der Waals surface area contributed by atoms with E-state index in [1.165, 1.54) is 0 Å². The fourth-order valence-electron chi connectivity index (χ4n) is 3.57. The van der Waals surface area contributed by atoms with E-state index >= 15 is 4.39 Å². The quantitative estimate of drug-likeness (QED) is 0.832. The van der Waals surface area contributed by atoms with Crippen LogP contribution in [0.3, 0.4) is 0 Å². The summed E-state index contributed by atoms with van der Waals surface area (Å²) in [4.78, 5) is 16.3. The highest BCUT2D eigenvalue weighted by Gasteiger charge is 2.45. The largest absolute Gasteiger partial charge is 0.378 e. The van der Waals surface area contributed by atoms with Crippen molar-refractivity contribution >= 4 is 5.91 Å². The van der Waals surface area contributed by atoms with Crippen molar-refractivity contribution in [1.82, 2.24) is 19.6 Å². The summed E-state index contributed by atoms with van der Waals surface area (Å²) in [6, 6.07) is 0. The van der Waals surface area contributed by atoms with Crippen LogP contribution in [0.1, 0.15) is 31.0 Å². The molecule has 24 heavy (non-hydrogen) atoms. The molecule has 1 amide bonds. The Kier molecular flexibility index (Phi) is 5.20. The van der Waals surface area contributed by atoms with Crippen molar-refractivity contribution in [1.29, 1.82) is 0 Å². The molecule has 2 aliphatic rings. The molecule has 2 saturated heterocycles. The molecular weight excluding hydrogens is 311 g/mol. The second kappa shape index (κ2) is 7.19. The summed E-state index contributed by atoms with van der Waals surface area (Å²) in [5.74, 6) is -0.364. The lowest BCUT2D eigenvalue weighted by atomic mass is 9.92. The first-order chi connectivity index (χ1) is 11.5. The van der Waals surface area contributed by atoms with Crippen LogP contribution in [0.4, 0.5) is 4.39 Å². The van der Waals surface area contributed by atoms with Gasteiger partial charge in [-0.25, -0.2) is 4.39 Å². The van der Waals surface area contributed by atoms with Gasteiger partial charge in [0.25, 0.3) is 5.91 Å². The number of carbonyl (C=O) groups is 1. The van der Waals surface area contributed by atoms with Crippen LogP contribution in [-0.4, -0.2) is 70.5 Å². The lowest BCUT2D eigenvalue weighted by molar-refractivity contribution is -0.152. The summed E-state index contributed by atoms with van der Waals surface area (Å²) in [5.41, 5.74) is 0.316. The molecule has 2 fully saturated rings. The monoisotopic (exact) mass is 338 g/mol. The zero-order valence-corrected chi connectivity index (χ0v) is 14.6. The van der Waals surface area contributed by atoms with Crippen molar-refractivity contribution in [3.8, 4) is 0 Å². The van der Waals surface area contributed by atoms with Gasteiger partial charge >= 0.3 is 0 Å². The average molecular weight is 338 g/mol. The first kappa shape index (κ1) is 17.4. The minimum absolute atomic E-state index is 0.167. The molecule has 3 heterocycles. The van der Waals surface area contributed by atoms with E-state index < -0.39 is 5.67 Å². The minimum atomic E-state index is -1.77. The van der Waals surface area contributed by atoms with E-state index in [1.54, 1.807) is 4.90 Å². The van der Waals surface area contributed by atoms with Crippen LogP contribution in [0.2, 0.25) is 0 Å². The number of alkyl halides is 1. The van der Waals surface area contributed by atoms with Crippen LogP contribution in [0.15, 0.2) is 6.20 Å². The molecule has 1 aromatic heterocycles. The normalized spacial score (nSPS) is 25.9. The highest BCUT2D eigenvalue weighted by molar-refractivity contribution is 5.85. The zero-order valence-electron chi connectivity index (χ0n) is 14.6. The van der Waals surface area contributed by atoms with Crippen LogP contribution in [0, 0.1) is 6.92 Å². The van der Waals surface area contributed by atoms with E-state index in [4.69, 9.17) is 4.74 Å². The van der Waals surface area contributed by atoms with Gasteiger partial charge in [-0.1, -0.05) is 0 Å². The number of piperidine rings is 1. The van der Waals surface area contributed by atoms with Gasteiger partial charge in [-0.15, -0.1) is 0 Å². The first-order valence-electron chi connectivity index (χ1n) is 8.83. The summed E-state index contributed by atoms with van der Waals surface area (Å²) < 4.78 is 22.5. The molecule has 0 bridgehead atoms. The lowest BCUT2D eigenvalue weighted by Gasteiger charge is -2.39. The van der Waals surface area contributed by atoms with Gasteiger partial charge in [-0.2, -0.15) is 5.10 Å². The third-order valence-corrected chi connectivity index (χ3v) is 4.97. The Balaban J connectivity index is 1.66. The molecule has 6 nitrogen and oxygen atoms in total. The molecular formula is C17H27FN4O2. The predicted molar refractivity (Wildman–Crippen MR) is 88.4 cm³/mol. The molecule has 0 radical (unpaired) electrons. The van der Waals surface area contributed by atoms with Crippen molar-refractivity contribution in [2.75, 3.05) is 39.4 Å². The van der Waals surface area contributed by atoms with Crippen LogP contribution in [0.5, 0.6) is 0 Å². The fourth-order valence-corrected chi connectivity index (χ4v) is 3.57. The van der Waals surface area contributed by atoms with Gasteiger partial charge in [-0.05, 0) is 33.2 Å². The summed E-state index contributed by atoms with van der Waals surface area (Å²) in [5, 5.41) is 4.45. The third-order valence-electron chi connectivity index (χ3n) is 4.97. The number of hydrogen-bond donors (Lipinski definition) is 0. The van der Waals surface area contributed by atoms with Gasteiger partial charge in [-0.3, -0.25) is 14.4 Å². The van der Waals surface area contributed by atoms with E-state index in [0.717, 1.165) is 24.3 Å². The van der Waals surface area contributed by atoms with Crippen molar-refractivity contribution in [3.05, 3.63) is 17.5 Å². The molecule has 0 saturated carbocycles. The van der Waals surface area contributed by atoms with E-state index in [9.17, 15) is 4.79 Å². The Bertz CT molecular complexity index is 585. The number of morpholine rings is 1. The molecule has 134 valence electrons. The predicted octanol–water partition coefficient (Wildman–Crippen LogP) is 1.37. The lowest BCUT2D eigenvalue weighted by Crippen LogP contribution is -2.57. The Morgan fingerprint density at radius 2 is 2.12 bits per heavy atom. The summed E-state index contributed by atoms with van der Waals surface area (Å²) in [6.45, 7) is 8.47. The molecule has 0 N–H and O–H groups in total. The smallest absolute Gasteiger partial charge is 0.261 e. The van der Waals surface area contributed by atoms with Crippen LogP contribution < -0.4 is 0 Å². The highest BCUT2D eigenvalue weighted by atomic mass is 19.1. The molecule has 3 rings (SSSR count). The number of aryl methyl sites for hydroxylation is 2. The van der Waals surface area contributed by atoms with Crippen LogP contribution in [-0.2, 0) is 22.6 Å². The number of likely N-dealkylation sites (tertiary alicyclic amines) is 1. The average Bonchev–Trinajstić information content (AvgIpc) is 2.95. The van der Waals surface area contributed by atoms with Gasteiger partial charge < -0.3 is 9.64 Å². The number of rotatable bonds is 4. The number of hydrogen-bond acceptors (Lipinski definition) is 4. The zero-order chi connectivity index (χ0) is 17.2. The number of nitrogens with zero attached hydrogens (tertiary/aromatic N) is 4. The standard InChI is InChI=1S/C17H27FN4O2/c1-3-22-12-15(14(2)19-22)11-20-6-4-5-17(18,13-20)16(23)21-7-9-24-10-8-21/h12H,3-11,13H2,1-2H3. The Morgan fingerprint density at radius 3 is 2.79 bits per heavy atom. The maximum atomic E-state index is 15.4. The number of carbonyl (C=O) groups excluding carboxylic acids is 1. The fraction of sp³-hybridized carbons (Fsp3) is 0.765. The van der Waals surface area contributed by atoms with Gasteiger partial charge in [0.05, 0.1) is 18.9 Å². The van der Waals surface area contributed by atoms with Crippen LogP contribution >= 0.6 is 0 Å². The highest BCUT2D eigenvalue weighted by Crippen LogP contribution is 2.29. The second-order valence-electron chi connectivity index (χ2n) is 6.78. The SMILES string of the molecule is CCn1cc(CN2CCCC(F)(C(=O)N3CCOCC3)C2)c(C)n1. The summed E-state index contributed by atoms with van der Waals surface area (Å²) >= 11 is 0. The topological polar surface area (TPSA) is 50.6 Å². The van der Waals surface area contributed by atoms with Crippen molar-refractivity contribution < 1.29 is 13.9 Å². The van der Waals surface area contributed by atoms with Gasteiger partial charge in [0, 0.05) is 44.5 Å². The number of aromatic nitrogens is 2. The number of ether oxygens (including phenoxy) is 1. The Morgan fingerprint density at radius 1 is 1.38 bits per heavy atom. The maximum Gasteiger partial charge on any atom is 0.261 e. The van der Waals surface area contributed by atoms with Crippen molar-refractivity contribution in [2.45, 2.75) is 45.4 Å². The molecule has 1 atom stereocenters. The van der Waals surface area contributed by atoms with E-state index in [1.807, 2.05) is 29.6 Å². The van der Waals surface area contributed by atoms with E-state index in [-0.39, 0.29) is 12.5 Å². The summed E-state index contributed by atoms with van der Waals surface area (Å²) in [7, 11) is 0. The minimum Gasteiger partial charge on any atom is -0.378 e. The maximum absolute atomic E-state index is 15.4. The molecule has 7 heteroatoms. The molecule has 1 aromatic rings. The van der Waals surface area contributed by atoms with E-state index in [2.05, 4.69) is 5.10 Å². The van der Waals surface area contributed by atoms with Crippen LogP contribution in [0.25, 0.3) is 0 Å². The van der Waals surface area contributed by atoms with E-state index in [0.29, 0.717) is 45.7 Å². The van der Waals surface area contributed by atoms with Gasteiger partial charge in [0.15, 0.2) is 0 Å². The number of halogens is 1. The molecule has 0 aliphatic carbocycles. The number of amides is 1. The van der Waals surface area contributed by atoms with Crippen molar-refractivity contribution in [2.24, 2.45) is 0 Å². The summed E-state index contributed by atoms with van der Waals surface area (Å²) in [6.07, 6.45) is 3.04. The molecule has 0 aromatic carbocycles. The van der Waals surface area contributed by atoms with Crippen molar-refractivity contribution in [3.63, 3.8) is 0 Å². The molecule has 1 unspecified atom stereocenters. The van der Waals surface area contributed by atoms with Gasteiger partial charge in [0.1, 0.15) is 0 Å². The third kappa shape index (κ3) is 3.62. The van der Waals surface area contributed by atoms with Gasteiger partial charge in [0.2, 0.25) is 5.67 Å². The first-order valence-corrected chi connectivity index (χ1v) is 8.83. The molecule has 0 spiro atoms. The molecule has 2 aliphatic heterocycles. The Labute approximate surface area is 142 Å². The second-order valence-corrected chi connectivity index (χ2v) is 6.78. The Hall–Kier alpha value is -1.47.